The van der Waals surface area contributed by atoms with Crippen molar-refractivity contribution >= 4 is 35.6 Å². The predicted octanol–water partition coefficient (Wildman–Crippen LogP) is -1.63. The Morgan fingerprint density at radius 3 is 1.89 bits per heavy atom. The van der Waals surface area contributed by atoms with Gasteiger partial charge in [-0.15, -0.1) is 0 Å². The summed E-state index contributed by atoms with van der Waals surface area (Å²) < 4.78 is 0. The van der Waals surface area contributed by atoms with Crippen LogP contribution < -0.4 is 27.4 Å². The average molecular weight is 504 g/mol. The SMILES string of the molecule is CCC(C)C(NC(=O)C(N)CC(=O)O)C(=O)NC(CCCCN)C(=O)NC(CCC(=O)O)C(=O)O. The molecule has 0 aliphatic carbocycles. The van der Waals surface area contributed by atoms with Crippen LogP contribution in [0.1, 0.15) is 58.8 Å². The van der Waals surface area contributed by atoms with Crippen molar-refractivity contribution in [2.45, 2.75) is 83.0 Å². The molecule has 0 fully saturated rings. The second kappa shape index (κ2) is 16.4. The van der Waals surface area contributed by atoms with Gasteiger partial charge in [0.25, 0.3) is 0 Å². The molecule has 3 amide bonds. The highest BCUT2D eigenvalue weighted by atomic mass is 16.4. The van der Waals surface area contributed by atoms with Crippen molar-refractivity contribution in [2.24, 2.45) is 17.4 Å². The third-order valence-corrected chi connectivity index (χ3v) is 5.37. The molecule has 14 nitrogen and oxygen atoms in total. The lowest BCUT2D eigenvalue weighted by Crippen LogP contribution is -2.58. The lowest BCUT2D eigenvalue weighted by molar-refractivity contribution is -0.143. The molecule has 10 N–H and O–H groups in total. The van der Waals surface area contributed by atoms with Gasteiger partial charge in [-0.25, -0.2) is 4.79 Å². The molecule has 0 spiro atoms. The van der Waals surface area contributed by atoms with Crippen LogP contribution in [0.4, 0.5) is 0 Å². The van der Waals surface area contributed by atoms with E-state index in [1.54, 1.807) is 13.8 Å². The van der Waals surface area contributed by atoms with Crippen LogP contribution in [-0.2, 0) is 28.8 Å². The van der Waals surface area contributed by atoms with Gasteiger partial charge in [-0.1, -0.05) is 20.3 Å². The molecule has 35 heavy (non-hydrogen) atoms. The van der Waals surface area contributed by atoms with Crippen molar-refractivity contribution in [3.8, 4) is 0 Å². The molecule has 14 heteroatoms. The number of aliphatic carboxylic acids is 3. The van der Waals surface area contributed by atoms with Gasteiger partial charge in [0.15, 0.2) is 0 Å². The summed E-state index contributed by atoms with van der Waals surface area (Å²) in [4.78, 5) is 71.2. The van der Waals surface area contributed by atoms with Crippen molar-refractivity contribution in [1.29, 1.82) is 0 Å². The first-order valence-electron chi connectivity index (χ1n) is 11.4. The minimum Gasteiger partial charge on any atom is -0.481 e. The Hall–Kier alpha value is -3.26. The first-order chi connectivity index (χ1) is 16.3. The Balaban J connectivity index is 5.58. The molecule has 0 bridgehead atoms. The van der Waals surface area contributed by atoms with Crippen LogP contribution in [0.15, 0.2) is 0 Å². The monoisotopic (exact) mass is 503 g/mol. The third-order valence-electron chi connectivity index (χ3n) is 5.37. The van der Waals surface area contributed by atoms with E-state index in [1.807, 2.05) is 0 Å². The molecule has 5 unspecified atom stereocenters. The van der Waals surface area contributed by atoms with Gasteiger partial charge in [0, 0.05) is 6.42 Å². The van der Waals surface area contributed by atoms with Crippen LogP contribution in [0.25, 0.3) is 0 Å². The summed E-state index contributed by atoms with van der Waals surface area (Å²) in [7, 11) is 0. The number of carbonyl (C=O) groups excluding carboxylic acids is 3. The maximum absolute atomic E-state index is 13.0. The fourth-order valence-corrected chi connectivity index (χ4v) is 3.06. The van der Waals surface area contributed by atoms with Crippen molar-refractivity contribution in [3.05, 3.63) is 0 Å². The van der Waals surface area contributed by atoms with Crippen LogP contribution in [0.5, 0.6) is 0 Å². The molecule has 0 saturated carbocycles. The van der Waals surface area contributed by atoms with Gasteiger partial charge in [-0.2, -0.15) is 0 Å². The van der Waals surface area contributed by atoms with Gasteiger partial charge in [-0.3, -0.25) is 24.0 Å². The van der Waals surface area contributed by atoms with Crippen molar-refractivity contribution in [2.75, 3.05) is 6.54 Å². The first kappa shape index (κ1) is 31.7. The number of nitrogens with two attached hydrogens (primary N) is 2. The third kappa shape index (κ3) is 12.7. The van der Waals surface area contributed by atoms with Gasteiger partial charge >= 0.3 is 17.9 Å². The summed E-state index contributed by atoms with van der Waals surface area (Å²) in [6, 6.07) is -5.19. The van der Waals surface area contributed by atoms with Crippen LogP contribution in [0, 0.1) is 5.92 Å². The number of amides is 3. The molecule has 0 rings (SSSR count). The Morgan fingerprint density at radius 2 is 1.40 bits per heavy atom. The number of carbonyl (C=O) groups is 6. The van der Waals surface area contributed by atoms with Gasteiger partial charge < -0.3 is 42.7 Å². The molecule has 0 aromatic rings. The van der Waals surface area contributed by atoms with Crippen LogP contribution in [0.3, 0.4) is 0 Å². The zero-order valence-corrected chi connectivity index (χ0v) is 20.0. The molecular weight excluding hydrogens is 466 g/mol. The van der Waals surface area contributed by atoms with E-state index < -0.39 is 78.6 Å². The topological polar surface area (TPSA) is 251 Å². The lowest BCUT2D eigenvalue weighted by Gasteiger charge is -2.28. The molecule has 0 aliphatic heterocycles. The van der Waals surface area contributed by atoms with E-state index in [0.29, 0.717) is 25.8 Å². The van der Waals surface area contributed by atoms with E-state index in [2.05, 4.69) is 16.0 Å². The van der Waals surface area contributed by atoms with E-state index in [0.717, 1.165) is 0 Å². The Bertz CT molecular complexity index is 761. The van der Waals surface area contributed by atoms with E-state index >= 15 is 0 Å². The summed E-state index contributed by atoms with van der Waals surface area (Å²) in [5, 5.41) is 34.1. The second-order valence-corrected chi connectivity index (χ2v) is 8.25. The first-order valence-corrected chi connectivity index (χ1v) is 11.4. The molecule has 0 aromatic carbocycles. The van der Waals surface area contributed by atoms with E-state index in [9.17, 15) is 33.9 Å². The summed E-state index contributed by atoms with van der Waals surface area (Å²) in [6.07, 6.45) is 0.0273. The Kier molecular flexibility index (Phi) is 14.9. The van der Waals surface area contributed by atoms with E-state index in [1.165, 1.54) is 0 Å². The zero-order chi connectivity index (χ0) is 27.1. The van der Waals surface area contributed by atoms with Crippen LogP contribution in [0.2, 0.25) is 0 Å². The molecule has 0 aliphatic rings. The lowest BCUT2D eigenvalue weighted by atomic mass is 9.96. The van der Waals surface area contributed by atoms with Gasteiger partial charge in [0.05, 0.1) is 12.5 Å². The van der Waals surface area contributed by atoms with Crippen LogP contribution in [-0.4, -0.2) is 81.7 Å². The van der Waals surface area contributed by atoms with Crippen LogP contribution >= 0.6 is 0 Å². The summed E-state index contributed by atoms with van der Waals surface area (Å²) in [5.41, 5.74) is 11.1. The van der Waals surface area contributed by atoms with E-state index in [4.69, 9.17) is 21.7 Å². The number of rotatable bonds is 18. The minimum absolute atomic E-state index is 0.111. The fraction of sp³-hybridized carbons (Fsp3) is 0.714. The summed E-state index contributed by atoms with van der Waals surface area (Å²) in [6.45, 7) is 3.76. The van der Waals surface area contributed by atoms with Gasteiger partial charge in [0.1, 0.15) is 18.1 Å². The number of hydrogen-bond acceptors (Lipinski definition) is 8. The minimum atomic E-state index is -1.48. The molecule has 0 heterocycles. The number of unbranched alkanes of at least 4 members (excludes halogenated alkanes) is 1. The number of hydrogen-bond donors (Lipinski definition) is 8. The van der Waals surface area contributed by atoms with Gasteiger partial charge in [-0.05, 0) is 38.1 Å². The van der Waals surface area contributed by atoms with Crippen molar-refractivity contribution < 1.29 is 44.1 Å². The Labute approximate surface area is 203 Å². The summed E-state index contributed by atoms with van der Waals surface area (Å²) >= 11 is 0. The zero-order valence-electron chi connectivity index (χ0n) is 20.0. The maximum atomic E-state index is 13.0. The molecule has 0 radical (unpaired) electrons. The molecule has 5 atom stereocenters. The highest BCUT2D eigenvalue weighted by molar-refractivity contribution is 5.94. The highest BCUT2D eigenvalue weighted by Gasteiger charge is 2.32. The predicted molar refractivity (Wildman–Crippen MR) is 123 cm³/mol. The molecule has 0 aromatic heterocycles. The average Bonchev–Trinajstić information content (AvgIpc) is 2.77. The standard InChI is InChI=1S/C21H37N5O9/c1-3-11(2)17(26-18(31)12(23)10-16(29)30)20(33)24-13(6-4-5-9-22)19(32)25-14(21(34)35)7-8-15(27)28/h11-14,17H,3-10,22-23H2,1-2H3,(H,24,33)(H,25,32)(H,26,31)(H,27,28)(H,29,30)(H,34,35). The summed E-state index contributed by atoms with van der Waals surface area (Å²) in [5.74, 6) is -6.77. The fourth-order valence-electron chi connectivity index (χ4n) is 3.06. The van der Waals surface area contributed by atoms with Crippen molar-refractivity contribution in [1.82, 2.24) is 16.0 Å². The van der Waals surface area contributed by atoms with Crippen molar-refractivity contribution in [3.63, 3.8) is 0 Å². The Morgan fingerprint density at radius 1 is 0.800 bits per heavy atom. The number of carboxylic acid groups (broad SMARTS) is 3. The largest absolute Gasteiger partial charge is 0.481 e. The number of carboxylic acids is 3. The van der Waals surface area contributed by atoms with E-state index in [-0.39, 0.29) is 12.8 Å². The van der Waals surface area contributed by atoms with Gasteiger partial charge in [0.2, 0.25) is 17.7 Å². The normalized spacial score (nSPS) is 15.1. The number of nitrogens with one attached hydrogen (secondary N) is 3. The molecular formula is C21H37N5O9. The highest BCUT2D eigenvalue weighted by Crippen LogP contribution is 2.11. The smallest absolute Gasteiger partial charge is 0.326 e. The maximum Gasteiger partial charge on any atom is 0.326 e. The second-order valence-electron chi connectivity index (χ2n) is 8.25. The molecule has 0 saturated heterocycles. The molecule has 200 valence electrons. The quantitative estimate of drug-likeness (QED) is 0.0985.